The van der Waals surface area contributed by atoms with Crippen molar-refractivity contribution in [3.8, 4) is 11.6 Å². The molecule has 3 rings (SSSR count). The second-order valence-electron chi connectivity index (χ2n) is 4.19. The minimum atomic E-state index is -0.958. The summed E-state index contributed by atoms with van der Waals surface area (Å²) in [5.74, 6) is -2.53. The van der Waals surface area contributed by atoms with Gasteiger partial charge >= 0.3 is 0 Å². The highest BCUT2D eigenvalue weighted by Gasteiger charge is 2.14. The molecule has 0 amide bonds. The van der Waals surface area contributed by atoms with Crippen LogP contribution in [0.15, 0.2) is 36.5 Å². The first-order chi connectivity index (χ1) is 10.1. The fraction of sp³-hybridized carbons (Fsp3) is 0. The Bertz CT molecular complexity index is 842. The molecule has 0 fully saturated rings. The minimum absolute atomic E-state index is 0.243. The van der Waals surface area contributed by atoms with Crippen molar-refractivity contribution in [3.63, 3.8) is 0 Å². The van der Waals surface area contributed by atoms with Crippen LogP contribution < -0.4 is 10.5 Å². The van der Waals surface area contributed by atoms with Crippen molar-refractivity contribution < 1.29 is 13.5 Å². The second-order valence-corrected chi connectivity index (χ2v) is 4.60. The van der Waals surface area contributed by atoms with E-state index in [0.29, 0.717) is 22.0 Å². The third kappa shape index (κ3) is 2.45. The molecule has 0 saturated heterocycles. The number of hydrogen-bond acceptors (Lipinski definition) is 4. The van der Waals surface area contributed by atoms with E-state index in [0.717, 1.165) is 0 Å². The predicted molar refractivity (Wildman–Crippen MR) is 75.4 cm³/mol. The molecular weight excluding hydrogens is 300 g/mol. The molecule has 0 spiro atoms. The van der Waals surface area contributed by atoms with Gasteiger partial charge in [0.05, 0.1) is 5.02 Å². The molecular formula is C14H8ClF2N3O. The van der Waals surface area contributed by atoms with E-state index < -0.39 is 23.3 Å². The van der Waals surface area contributed by atoms with Gasteiger partial charge in [0.1, 0.15) is 5.52 Å². The van der Waals surface area contributed by atoms with Gasteiger partial charge < -0.3 is 10.5 Å². The van der Waals surface area contributed by atoms with Crippen LogP contribution in [0.1, 0.15) is 0 Å². The number of aromatic nitrogens is 2. The molecule has 4 nitrogen and oxygen atoms in total. The number of ether oxygens (including phenoxy) is 1. The summed E-state index contributed by atoms with van der Waals surface area (Å²) in [6.07, 6.45) is 1.55. The van der Waals surface area contributed by atoms with Crippen molar-refractivity contribution in [2.75, 3.05) is 5.73 Å². The van der Waals surface area contributed by atoms with Crippen molar-refractivity contribution in [2.24, 2.45) is 0 Å². The zero-order valence-electron chi connectivity index (χ0n) is 10.5. The van der Waals surface area contributed by atoms with Crippen LogP contribution in [0.3, 0.4) is 0 Å². The smallest absolute Gasteiger partial charge is 0.258 e. The molecule has 0 atom stereocenters. The summed E-state index contributed by atoms with van der Waals surface area (Å²) in [6.45, 7) is 0. The van der Waals surface area contributed by atoms with E-state index in [-0.39, 0.29) is 5.75 Å². The van der Waals surface area contributed by atoms with Crippen molar-refractivity contribution >= 4 is 28.3 Å². The van der Waals surface area contributed by atoms with Crippen molar-refractivity contribution in [1.82, 2.24) is 9.97 Å². The molecule has 0 radical (unpaired) electrons. The number of pyridine rings is 2. The zero-order chi connectivity index (χ0) is 15.0. The third-order valence-corrected chi connectivity index (χ3v) is 3.14. The summed E-state index contributed by atoms with van der Waals surface area (Å²) in [6, 6.07) is 7.19. The number of nitrogens with zero attached hydrogens (tertiary/aromatic N) is 2. The summed E-state index contributed by atoms with van der Waals surface area (Å²) in [4.78, 5) is 7.68. The summed E-state index contributed by atoms with van der Waals surface area (Å²) < 4.78 is 32.1. The van der Waals surface area contributed by atoms with Gasteiger partial charge in [0.25, 0.3) is 5.88 Å². The maximum Gasteiger partial charge on any atom is 0.258 e. The molecule has 1 aromatic carbocycles. The average molecular weight is 308 g/mol. The van der Waals surface area contributed by atoms with Gasteiger partial charge in [-0.3, -0.25) is 4.98 Å². The lowest BCUT2D eigenvalue weighted by atomic mass is 10.2. The minimum Gasteiger partial charge on any atom is -0.434 e. The lowest BCUT2D eigenvalue weighted by molar-refractivity contribution is 0.421. The number of nitrogen functional groups attached to an aromatic ring is 1. The Kier molecular flexibility index (Phi) is 3.31. The Labute approximate surface area is 123 Å². The van der Waals surface area contributed by atoms with E-state index in [2.05, 4.69) is 9.97 Å². The van der Waals surface area contributed by atoms with Gasteiger partial charge in [0, 0.05) is 17.6 Å². The summed E-state index contributed by atoms with van der Waals surface area (Å²) >= 11 is 6.05. The number of benzene rings is 1. The van der Waals surface area contributed by atoms with Crippen LogP contribution in [-0.2, 0) is 0 Å². The van der Waals surface area contributed by atoms with Crippen LogP contribution >= 0.6 is 11.6 Å². The zero-order valence-corrected chi connectivity index (χ0v) is 11.2. The molecule has 0 aliphatic rings. The van der Waals surface area contributed by atoms with Gasteiger partial charge in [-0.05, 0) is 24.3 Å². The number of fused-ring (bicyclic) bond motifs is 1. The first kappa shape index (κ1) is 13.5. The van der Waals surface area contributed by atoms with Crippen molar-refractivity contribution in [1.29, 1.82) is 0 Å². The molecule has 2 heterocycles. The Hall–Kier alpha value is -2.47. The first-order valence-electron chi connectivity index (χ1n) is 5.89. The molecule has 0 aliphatic heterocycles. The van der Waals surface area contributed by atoms with Gasteiger partial charge in [0.2, 0.25) is 0 Å². The third-order valence-electron chi connectivity index (χ3n) is 2.81. The molecule has 2 N–H and O–H groups in total. The van der Waals surface area contributed by atoms with Crippen LogP contribution in [0, 0.1) is 11.6 Å². The van der Waals surface area contributed by atoms with Gasteiger partial charge in [-0.2, -0.15) is 4.98 Å². The van der Waals surface area contributed by atoms with Gasteiger partial charge in [-0.25, -0.2) is 8.78 Å². The molecule has 2 aromatic heterocycles. The predicted octanol–water partition coefficient (Wildman–Crippen LogP) is 3.94. The first-order valence-corrected chi connectivity index (χ1v) is 6.26. The Morgan fingerprint density at radius 3 is 2.76 bits per heavy atom. The summed E-state index contributed by atoms with van der Waals surface area (Å²) in [7, 11) is 0. The molecule has 0 saturated carbocycles. The van der Waals surface area contributed by atoms with E-state index in [1.165, 1.54) is 6.07 Å². The quantitative estimate of drug-likeness (QED) is 0.779. The highest BCUT2D eigenvalue weighted by Crippen LogP contribution is 2.33. The van der Waals surface area contributed by atoms with E-state index in [1.54, 1.807) is 24.4 Å². The standard InChI is InChI=1S/C14H8ClF2N3O/c15-8-3-4-11(12-7(8)2-1-5-19-12)21-14-10(17)6-9(16)13(18)20-14/h1-6H,(H2,18,20). The van der Waals surface area contributed by atoms with Gasteiger partial charge in [0.15, 0.2) is 23.2 Å². The number of halogens is 3. The molecule has 106 valence electrons. The van der Waals surface area contributed by atoms with E-state index in [4.69, 9.17) is 22.1 Å². The Balaban J connectivity index is 2.11. The SMILES string of the molecule is Nc1nc(Oc2ccc(Cl)c3cccnc23)c(F)cc1F. The number of anilines is 1. The number of rotatable bonds is 2. The lowest BCUT2D eigenvalue weighted by Crippen LogP contribution is -2.00. The van der Waals surface area contributed by atoms with Crippen LogP contribution in [0.25, 0.3) is 10.9 Å². The van der Waals surface area contributed by atoms with Crippen LogP contribution in [-0.4, -0.2) is 9.97 Å². The molecule has 7 heteroatoms. The normalized spacial score (nSPS) is 10.8. The van der Waals surface area contributed by atoms with Crippen LogP contribution in [0.5, 0.6) is 11.6 Å². The largest absolute Gasteiger partial charge is 0.434 e. The molecule has 0 aliphatic carbocycles. The van der Waals surface area contributed by atoms with Crippen LogP contribution in [0.2, 0.25) is 5.02 Å². The maximum atomic E-state index is 13.7. The fourth-order valence-corrected chi connectivity index (χ4v) is 2.05. The topological polar surface area (TPSA) is 61.0 Å². The molecule has 3 aromatic rings. The van der Waals surface area contributed by atoms with Crippen molar-refractivity contribution in [2.45, 2.75) is 0 Å². The lowest BCUT2D eigenvalue weighted by Gasteiger charge is -2.09. The van der Waals surface area contributed by atoms with Crippen LogP contribution in [0.4, 0.5) is 14.6 Å². The highest BCUT2D eigenvalue weighted by molar-refractivity contribution is 6.35. The van der Waals surface area contributed by atoms with E-state index in [1.807, 2.05) is 0 Å². The highest BCUT2D eigenvalue weighted by atomic mass is 35.5. The second kappa shape index (κ2) is 5.14. The van der Waals surface area contributed by atoms with E-state index >= 15 is 0 Å². The van der Waals surface area contributed by atoms with Gasteiger partial charge in [-0.1, -0.05) is 11.6 Å². The Morgan fingerprint density at radius 1 is 1.14 bits per heavy atom. The number of hydrogen-bond donors (Lipinski definition) is 1. The average Bonchev–Trinajstić information content (AvgIpc) is 2.48. The molecule has 0 bridgehead atoms. The molecule has 0 unspecified atom stereocenters. The monoisotopic (exact) mass is 307 g/mol. The van der Waals surface area contributed by atoms with E-state index in [9.17, 15) is 8.78 Å². The number of nitrogens with two attached hydrogens (primary N) is 1. The molecule has 21 heavy (non-hydrogen) atoms. The van der Waals surface area contributed by atoms with Crippen molar-refractivity contribution in [3.05, 3.63) is 53.2 Å². The summed E-state index contributed by atoms with van der Waals surface area (Å²) in [5, 5.41) is 1.13. The fourth-order valence-electron chi connectivity index (χ4n) is 1.83. The van der Waals surface area contributed by atoms with Gasteiger partial charge in [-0.15, -0.1) is 0 Å². The maximum absolute atomic E-state index is 13.7. The summed E-state index contributed by atoms with van der Waals surface area (Å²) in [5.41, 5.74) is 5.75. The Morgan fingerprint density at radius 2 is 1.95 bits per heavy atom.